The number of para-hydroxylation sites is 2. The standard InChI is InChI=1S/C15H14FN3/c1-2-19-14-6-4-3-5-13(14)18-15(19)11-9-10(16)7-8-12(11)17/h3-9H,2,17H2,1H3. The average Bonchev–Trinajstić information content (AvgIpc) is 2.79. The number of rotatable bonds is 2. The van der Waals surface area contributed by atoms with E-state index in [1.54, 1.807) is 6.07 Å². The van der Waals surface area contributed by atoms with E-state index in [4.69, 9.17) is 5.73 Å². The smallest absolute Gasteiger partial charge is 0.143 e. The van der Waals surface area contributed by atoms with Crippen LogP contribution in [0.5, 0.6) is 0 Å². The largest absolute Gasteiger partial charge is 0.398 e. The van der Waals surface area contributed by atoms with Crippen molar-refractivity contribution in [3.05, 3.63) is 48.3 Å². The number of aryl methyl sites for hydroxylation is 1. The molecule has 0 aliphatic rings. The molecular weight excluding hydrogens is 241 g/mol. The Morgan fingerprint density at radius 1 is 1.21 bits per heavy atom. The van der Waals surface area contributed by atoms with Crippen molar-refractivity contribution < 1.29 is 4.39 Å². The van der Waals surface area contributed by atoms with Crippen LogP contribution in [0.3, 0.4) is 0 Å². The van der Waals surface area contributed by atoms with Crippen LogP contribution in [-0.2, 0) is 6.54 Å². The van der Waals surface area contributed by atoms with Crippen molar-refractivity contribution in [3.63, 3.8) is 0 Å². The summed E-state index contributed by atoms with van der Waals surface area (Å²) in [5, 5.41) is 0. The minimum atomic E-state index is -0.307. The van der Waals surface area contributed by atoms with Crippen molar-refractivity contribution in [2.75, 3.05) is 5.73 Å². The van der Waals surface area contributed by atoms with Gasteiger partial charge in [0.05, 0.1) is 11.0 Å². The van der Waals surface area contributed by atoms with Gasteiger partial charge < -0.3 is 10.3 Å². The molecule has 0 atom stereocenters. The van der Waals surface area contributed by atoms with Crippen LogP contribution in [0.1, 0.15) is 6.92 Å². The molecule has 0 spiro atoms. The monoisotopic (exact) mass is 255 g/mol. The predicted molar refractivity (Wildman–Crippen MR) is 75.2 cm³/mol. The van der Waals surface area contributed by atoms with E-state index in [1.165, 1.54) is 12.1 Å². The van der Waals surface area contributed by atoms with E-state index >= 15 is 0 Å². The third-order valence-corrected chi connectivity index (χ3v) is 3.23. The van der Waals surface area contributed by atoms with E-state index in [0.717, 1.165) is 17.6 Å². The number of fused-ring (bicyclic) bond motifs is 1. The number of nitrogens with two attached hydrogens (primary N) is 1. The summed E-state index contributed by atoms with van der Waals surface area (Å²) in [6, 6.07) is 12.2. The Morgan fingerprint density at radius 3 is 2.79 bits per heavy atom. The highest BCUT2D eigenvalue weighted by Crippen LogP contribution is 2.29. The molecule has 0 fully saturated rings. The highest BCUT2D eigenvalue weighted by molar-refractivity contribution is 5.83. The normalized spacial score (nSPS) is 11.1. The maximum atomic E-state index is 13.4. The van der Waals surface area contributed by atoms with E-state index in [-0.39, 0.29) is 5.82 Å². The van der Waals surface area contributed by atoms with Crippen molar-refractivity contribution in [1.82, 2.24) is 9.55 Å². The zero-order valence-electron chi connectivity index (χ0n) is 10.6. The van der Waals surface area contributed by atoms with Gasteiger partial charge in [-0.1, -0.05) is 12.1 Å². The summed E-state index contributed by atoms with van der Waals surface area (Å²) in [6.45, 7) is 2.79. The third kappa shape index (κ3) is 1.85. The van der Waals surface area contributed by atoms with Crippen LogP contribution in [0.25, 0.3) is 22.4 Å². The molecule has 96 valence electrons. The molecule has 0 aliphatic carbocycles. The summed E-state index contributed by atoms with van der Waals surface area (Å²) in [7, 11) is 0. The van der Waals surface area contributed by atoms with Gasteiger partial charge in [-0.2, -0.15) is 0 Å². The number of benzene rings is 2. The molecule has 1 aromatic heterocycles. The van der Waals surface area contributed by atoms with Crippen LogP contribution in [0.2, 0.25) is 0 Å². The molecule has 3 rings (SSSR count). The third-order valence-electron chi connectivity index (χ3n) is 3.23. The van der Waals surface area contributed by atoms with Gasteiger partial charge in [0, 0.05) is 17.8 Å². The maximum absolute atomic E-state index is 13.4. The number of nitrogen functional groups attached to an aromatic ring is 1. The minimum absolute atomic E-state index is 0.307. The number of halogens is 1. The van der Waals surface area contributed by atoms with Crippen LogP contribution >= 0.6 is 0 Å². The number of anilines is 1. The molecule has 0 amide bonds. The van der Waals surface area contributed by atoms with E-state index in [1.807, 2.05) is 35.8 Å². The Kier molecular flexibility index (Phi) is 2.71. The van der Waals surface area contributed by atoms with Gasteiger partial charge in [0.2, 0.25) is 0 Å². The van der Waals surface area contributed by atoms with Crippen molar-refractivity contribution in [1.29, 1.82) is 0 Å². The lowest BCUT2D eigenvalue weighted by Crippen LogP contribution is -2.00. The highest BCUT2D eigenvalue weighted by Gasteiger charge is 2.14. The summed E-state index contributed by atoms with van der Waals surface area (Å²) >= 11 is 0. The fourth-order valence-corrected chi connectivity index (χ4v) is 2.32. The minimum Gasteiger partial charge on any atom is -0.398 e. The van der Waals surface area contributed by atoms with Gasteiger partial charge in [-0.05, 0) is 37.3 Å². The van der Waals surface area contributed by atoms with Gasteiger partial charge in [0.15, 0.2) is 0 Å². The molecule has 0 radical (unpaired) electrons. The van der Waals surface area contributed by atoms with E-state index in [9.17, 15) is 4.39 Å². The fourth-order valence-electron chi connectivity index (χ4n) is 2.32. The van der Waals surface area contributed by atoms with E-state index in [0.29, 0.717) is 17.1 Å². The number of imidazole rings is 1. The van der Waals surface area contributed by atoms with Crippen LogP contribution in [0.4, 0.5) is 10.1 Å². The molecule has 19 heavy (non-hydrogen) atoms. The second-order valence-corrected chi connectivity index (χ2v) is 4.40. The number of aromatic nitrogens is 2. The molecule has 0 saturated heterocycles. The molecule has 0 saturated carbocycles. The first-order chi connectivity index (χ1) is 9.20. The lowest BCUT2D eigenvalue weighted by molar-refractivity contribution is 0.628. The molecular formula is C15H14FN3. The van der Waals surface area contributed by atoms with E-state index in [2.05, 4.69) is 4.98 Å². The topological polar surface area (TPSA) is 43.8 Å². The average molecular weight is 255 g/mol. The van der Waals surface area contributed by atoms with Gasteiger partial charge in [0.25, 0.3) is 0 Å². The Morgan fingerprint density at radius 2 is 2.00 bits per heavy atom. The molecule has 3 aromatic rings. The molecule has 0 aliphatic heterocycles. The van der Waals surface area contributed by atoms with Crippen LogP contribution in [-0.4, -0.2) is 9.55 Å². The molecule has 0 bridgehead atoms. The molecule has 2 aromatic carbocycles. The molecule has 3 nitrogen and oxygen atoms in total. The lowest BCUT2D eigenvalue weighted by atomic mass is 10.1. The van der Waals surface area contributed by atoms with E-state index < -0.39 is 0 Å². The van der Waals surface area contributed by atoms with Crippen molar-refractivity contribution in [2.45, 2.75) is 13.5 Å². The number of hydrogen-bond acceptors (Lipinski definition) is 2. The van der Waals surface area contributed by atoms with Gasteiger partial charge >= 0.3 is 0 Å². The SMILES string of the molecule is CCn1c(-c2cc(F)ccc2N)nc2ccccc21. The highest BCUT2D eigenvalue weighted by atomic mass is 19.1. The number of nitrogens with zero attached hydrogens (tertiary/aromatic N) is 2. The maximum Gasteiger partial charge on any atom is 0.143 e. The number of hydrogen-bond donors (Lipinski definition) is 1. The Labute approximate surface area is 110 Å². The summed E-state index contributed by atoms with van der Waals surface area (Å²) in [5.74, 6) is 0.402. The first-order valence-corrected chi connectivity index (χ1v) is 6.21. The zero-order chi connectivity index (χ0) is 13.4. The van der Waals surface area contributed by atoms with Crippen LogP contribution in [0, 0.1) is 5.82 Å². The first-order valence-electron chi connectivity index (χ1n) is 6.21. The Bertz CT molecular complexity index is 746. The summed E-state index contributed by atoms with van der Waals surface area (Å²) < 4.78 is 15.5. The zero-order valence-corrected chi connectivity index (χ0v) is 10.6. The molecule has 4 heteroatoms. The van der Waals surface area contributed by atoms with Crippen LogP contribution < -0.4 is 5.73 Å². The van der Waals surface area contributed by atoms with Crippen molar-refractivity contribution >= 4 is 16.7 Å². The van der Waals surface area contributed by atoms with Gasteiger partial charge in [-0.25, -0.2) is 9.37 Å². The Hall–Kier alpha value is -2.36. The van der Waals surface area contributed by atoms with Crippen LogP contribution in [0.15, 0.2) is 42.5 Å². The quantitative estimate of drug-likeness (QED) is 0.713. The lowest BCUT2D eigenvalue weighted by Gasteiger charge is -2.08. The molecule has 1 heterocycles. The van der Waals surface area contributed by atoms with Crippen molar-refractivity contribution in [2.24, 2.45) is 0 Å². The van der Waals surface area contributed by atoms with Crippen molar-refractivity contribution in [3.8, 4) is 11.4 Å². The summed E-state index contributed by atoms with van der Waals surface area (Å²) in [5.41, 5.74) is 9.04. The van der Waals surface area contributed by atoms with Gasteiger partial charge in [-0.15, -0.1) is 0 Å². The molecule has 0 unspecified atom stereocenters. The summed E-state index contributed by atoms with van der Waals surface area (Å²) in [4.78, 5) is 4.57. The summed E-state index contributed by atoms with van der Waals surface area (Å²) in [6.07, 6.45) is 0. The Balaban J connectivity index is 2.33. The fraction of sp³-hybridized carbons (Fsp3) is 0.133. The second kappa shape index (κ2) is 4.39. The van der Waals surface area contributed by atoms with Gasteiger partial charge in [-0.3, -0.25) is 0 Å². The molecule has 2 N–H and O–H groups in total. The second-order valence-electron chi connectivity index (χ2n) is 4.40. The first kappa shape index (κ1) is 11.7. The predicted octanol–water partition coefficient (Wildman–Crippen LogP) is 3.44. The van der Waals surface area contributed by atoms with Gasteiger partial charge in [0.1, 0.15) is 11.6 Å².